The van der Waals surface area contributed by atoms with Crippen LogP contribution in [0, 0.1) is 0 Å². The molecule has 0 aliphatic carbocycles. The molecule has 7 heteroatoms. The van der Waals surface area contributed by atoms with Crippen molar-refractivity contribution in [1.82, 2.24) is 4.98 Å². The Morgan fingerprint density at radius 2 is 1.68 bits per heavy atom. The number of halogens is 4. The molecule has 34 heavy (non-hydrogen) atoms. The Bertz CT molecular complexity index is 1070. The van der Waals surface area contributed by atoms with Gasteiger partial charge >= 0.3 is 0 Å². The standard InChI is InChI=1S/C27H28Cl2N2O.2ClH/c1-32-21-12-13-22-23(14-21)20(11-7-3-6-10-19-8-4-2-5-9-19)16-31-27(22)15-24-25(28)17-30-18-26(24)29;;/h2,4-5,8-9,12-14,17-18,20H,3,6-7,10-11,15-16H2,1H3;2*1H. The predicted octanol–water partition coefficient (Wildman–Crippen LogP) is 8.17. The molecule has 0 radical (unpaired) electrons. The first-order chi connectivity index (χ1) is 15.7. The fraction of sp³-hybridized carbons (Fsp3) is 0.333. The first kappa shape index (κ1) is 28.5. The maximum Gasteiger partial charge on any atom is 0.119 e. The molecular weight excluding hydrogens is 510 g/mol. The van der Waals surface area contributed by atoms with E-state index in [1.54, 1.807) is 19.5 Å². The number of methoxy groups -OCH3 is 1. The molecule has 182 valence electrons. The number of aromatic nitrogens is 1. The van der Waals surface area contributed by atoms with Crippen LogP contribution in [0.5, 0.6) is 5.75 Å². The third-order valence-corrected chi connectivity index (χ3v) is 6.82. The van der Waals surface area contributed by atoms with Crippen LogP contribution in [-0.4, -0.2) is 24.4 Å². The normalized spacial score (nSPS) is 14.3. The lowest BCUT2D eigenvalue weighted by molar-refractivity contribution is 0.413. The van der Waals surface area contributed by atoms with Crippen LogP contribution >= 0.6 is 48.0 Å². The number of ether oxygens (including phenoxy) is 1. The van der Waals surface area contributed by atoms with Crippen molar-refractivity contribution in [2.75, 3.05) is 13.7 Å². The van der Waals surface area contributed by atoms with Crippen LogP contribution in [0.25, 0.3) is 0 Å². The van der Waals surface area contributed by atoms with E-state index in [2.05, 4.69) is 47.4 Å². The quantitative estimate of drug-likeness (QED) is 0.257. The maximum absolute atomic E-state index is 6.37. The van der Waals surface area contributed by atoms with E-state index in [9.17, 15) is 0 Å². The minimum atomic E-state index is 0. The molecule has 0 amide bonds. The number of nitrogens with zero attached hydrogens (tertiary/aromatic N) is 2. The van der Waals surface area contributed by atoms with Crippen LogP contribution < -0.4 is 4.74 Å². The highest BCUT2D eigenvalue weighted by molar-refractivity contribution is 6.36. The molecule has 0 saturated heterocycles. The van der Waals surface area contributed by atoms with Crippen molar-refractivity contribution in [2.24, 2.45) is 4.99 Å². The second-order valence-electron chi connectivity index (χ2n) is 8.28. The van der Waals surface area contributed by atoms with E-state index >= 15 is 0 Å². The molecule has 0 fully saturated rings. The molecule has 1 aromatic heterocycles. The molecule has 2 aromatic carbocycles. The number of aryl methyl sites for hydroxylation is 1. The lowest BCUT2D eigenvalue weighted by Crippen LogP contribution is -2.20. The van der Waals surface area contributed by atoms with E-state index in [1.165, 1.54) is 36.0 Å². The number of hydrogen-bond donors (Lipinski definition) is 0. The smallest absolute Gasteiger partial charge is 0.119 e. The molecule has 1 aliphatic heterocycles. The van der Waals surface area contributed by atoms with Crippen LogP contribution in [0.2, 0.25) is 10.0 Å². The third kappa shape index (κ3) is 7.11. The fourth-order valence-corrected chi connectivity index (χ4v) is 4.88. The minimum Gasteiger partial charge on any atom is -0.497 e. The maximum atomic E-state index is 6.37. The second-order valence-corrected chi connectivity index (χ2v) is 9.10. The van der Waals surface area contributed by atoms with Crippen LogP contribution in [0.1, 0.15) is 53.9 Å². The minimum absolute atomic E-state index is 0. The van der Waals surface area contributed by atoms with Gasteiger partial charge in [0.05, 0.1) is 17.2 Å². The van der Waals surface area contributed by atoms with E-state index in [-0.39, 0.29) is 24.8 Å². The summed E-state index contributed by atoms with van der Waals surface area (Å²) in [5, 5.41) is 1.16. The molecule has 1 atom stereocenters. The van der Waals surface area contributed by atoms with E-state index in [4.69, 9.17) is 32.9 Å². The van der Waals surface area contributed by atoms with Gasteiger partial charge in [-0.1, -0.05) is 66.4 Å². The van der Waals surface area contributed by atoms with Crippen molar-refractivity contribution in [3.05, 3.63) is 93.2 Å². The molecule has 0 saturated carbocycles. The number of pyridine rings is 1. The summed E-state index contributed by atoms with van der Waals surface area (Å²) in [4.78, 5) is 9.03. The number of hydrogen-bond acceptors (Lipinski definition) is 3. The van der Waals surface area contributed by atoms with Gasteiger partial charge in [-0.2, -0.15) is 0 Å². The zero-order valence-electron chi connectivity index (χ0n) is 19.2. The molecule has 1 unspecified atom stereocenters. The average molecular weight is 540 g/mol. The van der Waals surface area contributed by atoms with E-state index < -0.39 is 0 Å². The van der Waals surface area contributed by atoms with Gasteiger partial charge in [0.15, 0.2) is 0 Å². The predicted molar refractivity (Wildman–Crippen MR) is 148 cm³/mol. The first-order valence-electron chi connectivity index (χ1n) is 11.2. The van der Waals surface area contributed by atoms with Crippen LogP contribution in [0.4, 0.5) is 0 Å². The van der Waals surface area contributed by atoms with Gasteiger partial charge in [0.25, 0.3) is 0 Å². The summed E-state index contributed by atoms with van der Waals surface area (Å²) in [6.07, 6.45) is 9.79. The highest BCUT2D eigenvalue weighted by Gasteiger charge is 2.24. The van der Waals surface area contributed by atoms with Gasteiger partial charge in [-0.05, 0) is 59.7 Å². The number of unbranched alkanes of at least 4 members (excludes halogenated alkanes) is 2. The van der Waals surface area contributed by atoms with Gasteiger partial charge in [-0.15, -0.1) is 24.8 Å². The van der Waals surface area contributed by atoms with Gasteiger partial charge < -0.3 is 4.74 Å². The zero-order chi connectivity index (χ0) is 22.3. The third-order valence-electron chi connectivity index (χ3n) is 6.17. The van der Waals surface area contributed by atoms with Gasteiger partial charge in [0, 0.05) is 37.0 Å². The highest BCUT2D eigenvalue weighted by atomic mass is 35.5. The Kier molecular flexibility index (Phi) is 11.7. The summed E-state index contributed by atoms with van der Waals surface area (Å²) in [7, 11) is 1.72. The summed E-state index contributed by atoms with van der Waals surface area (Å²) in [6, 6.07) is 17.0. The van der Waals surface area contributed by atoms with Crippen molar-refractivity contribution in [3.8, 4) is 5.75 Å². The summed E-state index contributed by atoms with van der Waals surface area (Å²) in [5.74, 6) is 1.29. The monoisotopic (exact) mass is 538 g/mol. The summed E-state index contributed by atoms with van der Waals surface area (Å²) in [5.41, 5.74) is 5.82. The second kappa shape index (κ2) is 13.9. The molecular formula is C27H30Cl4N2O. The topological polar surface area (TPSA) is 34.5 Å². The Balaban J connectivity index is 0.00000204. The summed E-state index contributed by atoms with van der Waals surface area (Å²) in [6.45, 7) is 0.786. The molecule has 4 rings (SSSR count). The number of fused-ring (bicyclic) bond motifs is 1. The average Bonchev–Trinajstić information content (AvgIpc) is 2.82. The lowest BCUT2D eigenvalue weighted by atomic mass is 9.84. The van der Waals surface area contributed by atoms with Crippen LogP contribution in [0.15, 0.2) is 65.9 Å². The molecule has 2 heterocycles. The number of rotatable bonds is 9. The first-order valence-corrected chi connectivity index (χ1v) is 11.9. The summed E-state index contributed by atoms with van der Waals surface area (Å²) >= 11 is 12.7. The van der Waals surface area contributed by atoms with Gasteiger partial charge in [0.1, 0.15) is 5.75 Å². The number of benzene rings is 2. The largest absolute Gasteiger partial charge is 0.497 e. The van der Waals surface area contributed by atoms with Gasteiger partial charge in [-0.25, -0.2) is 0 Å². The molecule has 3 aromatic rings. The van der Waals surface area contributed by atoms with Crippen LogP contribution in [-0.2, 0) is 12.8 Å². The Morgan fingerprint density at radius 1 is 0.941 bits per heavy atom. The van der Waals surface area contributed by atoms with E-state index in [0.717, 1.165) is 36.4 Å². The van der Waals surface area contributed by atoms with Crippen molar-refractivity contribution < 1.29 is 4.74 Å². The molecule has 3 nitrogen and oxygen atoms in total. The van der Waals surface area contributed by atoms with Crippen molar-refractivity contribution in [2.45, 2.75) is 44.4 Å². The lowest BCUT2D eigenvalue weighted by Gasteiger charge is -2.26. The highest BCUT2D eigenvalue weighted by Crippen LogP contribution is 2.35. The van der Waals surface area contributed by atoms with Crippen molar-refractivity contribution in [1.29, 1.82) is 0 Å². The Morgan fingerprint density at radius 3 is 2.38 bits per heavy atom. The molecule has 0 bridgehead atoms. The number of aliphatic imine (C=N–C) groups is 1. The SMILES string of the molecule is COc1ccc2c(c1)C(CCCCCc1ccccc1)CN=C2Cc1c(Cl)cncc1Cl.Cl.Cl. The summed E-state index contributed by atoms with van der Waals surface area (Å²) < 4.78 is 5.52. The van der Waals surface area contributed by atoms with E-state index in [0.29, 0.717) is 22.4 Å². The van der Waals surface area contributed by atoms with Crippen molar-refractivity contribution >= 4 is 53.7 Å². The van der Waals surface area contributed by atoms with Crippen LogP contribution in [0.3, 0.4) is 0 Å². The fourth-order valence-electron chi connectivity index (χ4n) is 4.39. The molecule has 0 N–H and O–H groups in total. The van der Waals surface area contributed by atoms with E-state index in [1.807, 2.05) is 6.07 Å². The molecule has 1 aliphatic rings. The van der Waals surface area contributed by atoms with Gasteiger partial charge in [0.2, 0.25) is 0 Å². The Hall–Kier alpha value is -1.78. The van der Waals surface area contributed by atoms with Gasteiger partial charge in [-0.3, -0.25) is 9.98 Å². The Labute approximate surface area is 224 Å². The molecule has 0 spiro atoms. The zero-order valence-corrected chi connectivity index (χ0v) is 22.3. The van der Waals surface area contributed by atoms with Crippen molar-refractivity contribution in [3.63, 3.8) is 0 Å².